The molecule has 0 saturated heterocycles. The van der Waals surface area contributed by atoms with Gasteiger partial charge in [0, 0.05) is 19.5 Å². The molecule has 30 heavy (non-hydrogen) atoms. The van der Waals surface area contributed by atoms with E-state index in [-0.39, 0.29) is 17.9 Å². The fourth-order valence-corrected chi connectivity index (χ4v) is 3.65. The molecule has 6 heteroatoms. The Balaban J connectivity index is 1.50. The summed E-state index contributed by atoms with van der Waals surface area (Å²) in [5.74, 6) is 1.48. The van der Waals surface area contributed by atoms with Gasteiger partial charge in [0.15, 0.2) is 11.5 Å². The Labute approximate surface area is 180 Å². The molecule has 156 valence electrons. The molecule has 0 radical (unpaired) electrons. The lowest BCUT2D eigenvalue weighted by Crippen LogP contribution is -2.22. The first-order valence-electron chi connectivity index (χ1n) is 9.82. The van der Waals surface area contributed by atoms with Gasteiger partial charge in [-0.1, -0.05) is 48.0 Å². The summed E-state index contributed by atoms with van der Waals surface area (Å²) in [6, 6.07) is 20.3. The minimum Gasteiger partial charge on any atom is -0.484 e. The van der Waals surface area contributed by atoms with E-state index in [0.29, 0.717) is 11.5 Å². The second-order valence-corrected chi connectivity index (χ2v) is 7.71. The maximum atomic E-state index is 13.4. The van der Waals surface area contributed by atoms with Crippen LogP contribution in [0.2, 0.25) is 5.02 Å². The van der Waals surface area contributed by atoms with Crippen LogP contribution in [0.4, 0.5) is 4.39 Å². The summed E-state index contributed by atoms with van der Waals surface area (Å²) in [4.78, 5) is 2.24. The van der Waals surface area contributed by atoms with Crippen LogP contribution in [0, 0.1) is 5.82 Å². The van der Waals surface area contributed by atoms with E-state index in [2.05, 4.69) is 24.1 Å². The van der Waals surface area contributed by atoms with Gasteiger partial charge in [-0.25, -0.2) is 4.39 Å². The number of hydrogen-bond acceptors (Lipinski definition) is 4. The van der Waals surface area contributed by atoms with Gasteiger partial charge in [0.1, 0.15) is 17.7 Å². The molecule has 1 unspecified atom stereocenters. The lowest BCUT2D eigenvalue weighted by Gasteiger charge is -2.24. The molecule has 4 rings (SSSR count). The monoisotopic (exact) mass is 427 g/mol. The number of halogens is 2. The Kier molecular flexibility index (Phi) is 6.41. The number of benzene rings is 3. The quantitative estimate of drug-likeness (QED) is 0.451. The lowest BCUT2D eigenvalue weighted by molar-refractivity contribution is 0.168. The first-order chi connectivity index (χ1) is 14.6. The van der Waals surface area contributed by atoms with Crippen molar-refractivity contribution >= 4 is 11.6 Å². The van der Waals surface area contributed by atoms with Crippen LogP contribution in [-0.4, -0.2) is 25.3 Å². The zero-order valence-electron chi connectivity index (χ0n) is 16.7. The Morgan fingerprint density at radius 1 is 1.03 bits per heavy atom. The van der Waals surface area contributed by atoms with E-state index in [4.69, 9.17) is 25.8 Å². The smallest absolute Gasteiger partial charge is 0.231 e. The summed E-state index contributed by atoms with van der Waals surface area (Å²) in [5.41, 5.74) is 2.20. The highest BCUT2D eigenvalue weighted by atomic mass is 35.5. The lowest BCUT2D eigenvalue weighted by atomic mass is 10.0. The molecule has 0 N–H and O–H groups in total. The summed E-state index contributed by atoms with van der Waals surface area (Å²) in [5, 5.41) is 0.249. The van der Waals surface area contributed by atoms with Crippen molar-refractivity contribution in [2.24, 2.45) is 0 Å². The first-order valence-corrected chi connectivity index (χ1v) is 10.2. The highest BCUT2D eigenvalue weighted by molar-refractivity contribution is 6.32. The average molecular weight is 428 g/mol. The molecule has 4 nitrogen and oxygen atoms in total. The normalized spacial score (nSPS) is 13.5. The van der Waals surface area contributed by atoms with Crippen LogP contribution in [0.25, 0.3) is 0 Å². The minimum absolute atomic E-state index is 0.216. The first kappa shape index (κ1) is 20.5. The molecule has 3 aromatic carbocycles. The molecule has 0 aliphatic carbocycles. The third-order valence-electron chi connectivity index (χ3n) is 5.00. The summed E-state index contributed by atoms with van der Waals surface area (Å²) < 4.78 is 30.6. The summed E-state index contributed by atoms with van der Waals surface area (Å²) >= 11 is 6.20. The fourth-order valence-electron chi connectivity index (χ4n) is 3.44. The van der Waals surface area contributed by atoms with E-state index >= 15 is 0 Å². The molecule has 0 amide bonds. The predicted molar refractivity (Wildman–Crippen MR) is 115 cm³/mol. The minimum atomic E-state index is -0.394. The van der Waals surface area contributed by atoms with Gasteiger partial charge in [0.2, 0.25) is 6.79 Å². The summed E-state index contributed by atoms with van der Waals surface area (Å²) in [6.45, 7) is 1.85. The molecular weight excluding hydrogens is 405 g/mol. The van der Waals surface area contributed by atoms with Crippen LogP contribution < -0.4 is 14.2 Å². The molecule has 0 aromatic heterocycles. The van der Waals surface area contributed by atoms with Crippen LogP contribution in [0.1, 0.15) is 23.7 Å². The van der Waals surface area contributed by atoms with Gasteiger partial charge in [0.05, 0.1) is 5.02 Å². The van der Waals surface area contributed by atoms with Crippen molar-refractivity contribution in [3.63, 3.8) is 0 Å². The Morgan fingerprint density at radius 2 is 1.83 bits per heavy atom. The van der Waals surface area contributed by atoms with E-state index in [1.807, 2.05) is 36.4 Å². The van der Waals surface area contributed by atoms with Gasteiger partial charge in [-0.3, -0.25) is 0 Å². The third-order valence-corrected chi connectivity index (χ3v) is 5.30. The zero-order chi connectivity index (χ0) is 20.9. The van der Waals surface area contributed by atoms with Crippen molar-refractivity contribution in [3.05, 3.63) is 88.7 Å². The molecule has 0 bridgehead atoms. The van der Waals surface area contributed by atoms with E-state index < -0.39 is 5.82 Å². The van der Waals surface area contributed by atoms with Crippen LogP contribution >= 0.6 is 11.6 Å². The van der Waals surface area contributed by atoms with Gasteiger partial charge in [-0.15, -0.1) is 0 Å². The van der Waals surface area contributed by atoms with Gasteiger partial charge in [-0.05, 0) is 48.5 Å². The average Bonchev–Trinajstić information content (AvgIpc) is 3.21. The van der Waals surface area contributed by atoms with Gasteiger partial charge < -0.3 is 19.1 Å². The van der Waals surface area contributed by atoms with E-state index in [1.54, 1.807) is 6.07 Å². The maximum Gasteiger partial charge on any atom is 0.231 e. The van der Waals surface area contributed by atoms with Crippen LogP contribution in [0.15, 0.2) is 66.7 Å². The highest BCUT2D eigenvalue weighted by Gasteiger charge is 2.21. The van der Waals surface area contributed by atoms with E-state index in [0.717, 1.165) is 30.8 Å². The Hall–Kier alpha value is -2.76. The van der Waals surface area contributed by atoms with Crippen molar-refractivity contribution in [1.29, 1.82) is 0 Å². The van der Waals surface area contributed by atoms with Gasteiger partial charge >= 0.3 is 0 Å². The second-order valence-electron chi connectivity index (χ2n) is 7.31. The largest absolute Gasteiger partial charge is 0.484 e. The molecular formula is C24H23ClFNO3. The zero-order valence-corrected chi connectivity index (χ0v) is 17.4. The van der Waals surface area contributed by atoms with Crippen molar-refractivity contribution in [3.8, 4) is 17.2 Å². The number of nitrogens with zero attached hydrogens (tertiary/aromatic N) is 1. The third kappa shape index (κ3) is 5.04. The topological polar surface area (TPSA) is 30.9 Å². The highest BCUT2D eigenvalue weighted by Crippen LogP contribution is 2.37. The van der Waals surface area contributed by atoms with Crippen molar-refractivity contribution in [2.75, 3.05) is 20.4 Å². The van der Waals surface area contributed by atoms with Gasteiger partial charge in [-0.2, -0.15) is 0 Å². The fraction of sp³-hybridized carbons (Fsp3) is 0.250. The van der Waals surface area contributed by atoms with Gasteiger partial charge in [0.25, 0.3) is 0 Å². The van der Waals surface area contributed by atoms with Crippen LogP contribution in [0.3, 0.4) is 0 Å². The molecule has 0 saturated carbocycles. The van der Waals surface area contributed by atoms with Crippen molar-refractivity contribution < 1.29 is 18.6 Å². The number of ether oxygens (including phenoxy) is 3. The Bertz CT molecular complexity index is 999. The number of rotatable bonds is 8. The molecule has 0 fully saturated rings. The van der Waals surface area contributed by atoms with Crippen LogP contribution in [0.5, 0.6) is 17.2 Å². The van der Waals surface area contributed by atoms with Crippen molar-refractivity contribution in [1.82, 2.24) is 4.90 Å². The maximum absolute atomic E-state index is 13.4. The number of fused-ring (bicyclic) bond motifs is 1. The number of hydrogen-bond donors (Lipinski definition) is 0. The molecule has 3 aromatic rings. The second kappa shape index (κ2) is 9.37. The van der Waals surface area contributed by atoms with Crippen molar-refractivity contribution in [2.45, 2.75) is 19.1 Å². The summed E-state index contributed by atoms with van der Waals surface area (Å²) in [6.07, 6.45) is 0.442. The van der Waals surface area contributed by atoms with E-state index in [9.17, 15) is 4.39 Å². The molecule has 1 aliphatic heterocycles. The molecule has 1 heterocycles. The standard InChI is InChI=1S/C24H23ClFNO3/c1-27(15-17-5-3-2-4-6-17)12-11-21(30-22-10-8-19(26)14-20(22)25)18-7-9-23-24(13-18)29-16-28-23/h2-10,13-14,21H,11-12,15-16H2,1H3. The molecule has 1 atom stereocenters. The Morgan fingerprint density at radius 3 is 2.63 bits per heavy atom. The SMILES string of the molecule is CN(CCC(Oc1ccc(F)cc1Cl)c1ccc2c(c1)OCO2)Cc1ccccc1. The molecule has 0 spiro atoms. The molecule has 1 aliphatic rings. The van der Waals surface area contributed by atoms with E-state index in [1.165, 1.54) is 17.7 Å². The van der Waals surface area contributed by atoms with Crippen LogP contribution in [-0.2, 0) is 6.54 Å². The summed E-state index contributed by atoms with van der Waals surface area (Å²) in [7, 11) is 2.08. The predicted octanol–water partition coefficient (Wildman–Crippen LogP) is 5.85.